The Morgan fingerprint density at radius 3 is 2.37 bits per heavy atom. The lowest BCUT2D eigenvalue weighted by atomic mass is 10.0. The van der Waals surface area contributed by atoms with Crippen LogP contribution in [0.5, 0.6) is 5.75 Å². The second-order valence-corrected chi connectivity index (χ2v) is 4.39. The van der Waals surface area contributed by atoms with Crippen molar-refractivity contribution >= 4 is 11.6 Å². The highest BCUT2D eigenvalue weighted by Crippen LogP contribution is 2.23. The van der Waals surface area contributed by atoms with Crippen LogP contribution in [0.4, 0.5) is 5.69 Å². The monoisotopic (exact) mass is 256 g/mol. The molecule has 0 heterocycles. The van der Waals surface area contributed by atoms with Gasteiger partial charge in [-0.2, -0.15) is 0 Å². The molecule has 0 saturated carbocycles. The van der Waals surface area contributed by atoms with Crippen LogP contribution < -0.4 is 11.1 Å². The van der Waals surface area contributed by atoms with Gasteiger partial charge in [0.05, 0.1) is 0 Å². The largest absolute Gasteiger partial charge is 0.508 e. The fourth-order valence-corrected chi connectivity index (χ4v) is 1.88. The summed E-state index contributed by atoms with van der Waals surface area (Å²) in [6.45, 7) is 1.96. The van der Waals surface area contributed by atoms with E-state index < -0.39 is 11.9 Å². The van der Waals surface area contributed by atoms with Crippen LogP contribution in [0, 0.1) is 6.92 Å². The maximum absolute atomic E-state index is 11.6. The van der Waals surface area contributed by atoms with E-state index >= 15 is 0 Å². The number of para-hydroxylation sites is 1. The summed E-state index contributed by atoms with van der Waals surface area (Å²) in [4.78, 5) is 11.6. The highest BCUT2D eigenvalue weighted by atomic mass is 16.3. The molecule has 0 aliphatic carbocycles. The van der Waals surface area contributed by atoms with Crippen molar-refractivity contribution in [2.75, 3.05) is 5.32 Å². The average Bonchev–Trinajstić information content (AvgIpc) is 2.39. The summed E-state index contributed by atoms with van der Waals surface area (Å²) in [5.41, 5.74) is 8.05. The van der Waals surface area contributed by atoms with E-state index in [9.17, 15) is 9.90 Å². The van der Waals surface area contributed by atoms with Gasteiger partial charge in [0, 0.05) is 5.69 Å². The number of aromatic hydroxyl groups is 1. The number of carbonyl (C=O) groups is 1. The molecule has 1 atom stereocenters. The zero-order chi connectivity index (χ0) is 13.8. The predicted octanol–water partition coefficient (Wildman–Crippen LogP) is 2.34. The normalized spacial score (nSPS) is 11.8. The first-order chi connectivity index (χ1) is 9.08. The van der Waals surface area contributed by atoms with Gasteiger partial charge in [-0.05, 0) is 36.2 Å². The molecule has 4 N–H and O–H groups in total. The number of benzene rings is 2. The summed E-state index contributed by atoms with van der Waals surface area (Å²) < 4.78 is 0. The van der Waals surface area contributed by atoms with E-state index in [0.29, 0.717) is 5.56 Å². The second kappa shape index (κ2) is 5.44. The van der Waals surface area contributed by atoms with Crippen molar-refractivity contribution in [3.8, 4) is 5.75 Å². The molecule has 4 nitrogen and oxygen atoms in total. The molecule has 4 heteroatoms. The van der Waals surface area contributed by atoms with Crippen LogP contribution >= 0.6 is 0 Å². The Hall–Kier alpha value is -2.49. The van der Waals surface area contributed by atoms with Crippen LogP contribution in [0.2, 0.25) is 0 Å². The number of nitrogens with one attached hydrogen (secondary N) is 1. The standard InChI is InChI=1S/C15H16N2O2/c1-10-4-2-3-5-13(10)17-14(15(16)19)11-6-8-12(18)9-7-11/h2-9,14,17-18H,1H3,(H2,16,19). The number of phenols is 1. The van der Waals surface area contributed by atoms with E-state index in [1.54, 1.807) is 12.1 Å². The fourth-order valence-electron chi connectivity index (χ4n) is 1.88. The van der Waals surface area contributed by atoms with Crippen LogP contribution in [0.3, 0.4) is 0 Å². The van der Waals surface area contributed by atoms with Crippen molar-refractivity contribution < 1.29 is 9.90 Å². The number of primary amides is 1. The van der Waals surface area contributed by atoms with Gasteiger partial charge in [-0.25, -0.2) is 0 Å². The minimum atomic E-state index is -0.623. The number of nitrogens with two attached hydrogens (primary N) is 1. The van der Waals surface area contributed by atoms with E-state index in [-0.39, 0.29) is 5.75 Å². The Kier molecular flexibility index (Phi) is 3.71. The smallest absolute Gasteiger partial charge is 0.244 e. The summed E-state index contributed by atoms with van der Waals surface area (Å²) in [5, 5.41) is 12.4. The van der Waals surface area contributed by atoms with Gasteiger partial charge in [0.25, 0.3) is 0 Å². The highest BCUT2D eigenvalue weighted by Gasteiger charge is 2.18. The van der Waals surface area contributed by atoms with Gasteiger partial charge in [-0.1, -0.05) is 30.3 Å². The maximum Gasteiger partial charge on any atom is 0.244 e. The number of hydrogen-bond acceptors (Lipinski definition) is 3. The molecule has 19 heavy (non-hydrogen) atoms. The molecule has 1 unspecified atom stereocenters. The minimum Gasteiger partial charge on any atom is -0.508 e. The molecule has 0 aliphatic heterocycles. The molecule has 0 spiro atoms. The SMILES string of the molecule is Cc1ccccc1NC(C(N)=O)c1ccc(O)cc1. The summed E-state index contributed by atoms with van der Waals surface area (Å²) in [6, 6.07) is 13.5. The van der Waals surface area contributed by atoms with Crippen molar-refractivity contribution in [1.82, 2.24) is 0 Å². The summed E-state index contributed by atoms with van der Waals surface area (Å²) in [6.07, 6.45) is 0. The molecule has 0 aliphatic rings. The molecule has 0 radical (unpaired) electrons. The third-order valence-corrected chi connectivity index (χ3v) is 2.96. The Balaban J connectivity index is 2.29. The molecule has 0 saturated heterocycles. The van der Waals surface area contributed by atoms with Crippen LogP contribution in [0.1, 0.15) is 17.2 Å². The van der Waals surface area contributed by atoms with Gasteiger partial charge < -0.3 is 16.2 Å². The zero-order valence-corrected chi connectivity index (χ0v) is 10.6. The van der Waals surface area contributed by atoms with Gasteiger partial charge in [0.1, 0.15) is 11.8 Å². The third kappa shape index (κ3) is 3.04. The molecule has 98 valence electrons. The Morgan fingerprint density at radius 2 is 1.79 bits per heavy atom. The van der Waals surface area contributed by atoms with Crippen molar-refractivity contribution in [2.24, 2.45) is 5.73 Å². The quantitative estimate of drug-likeness (QED) is 0.786. The molecule has 2 aromatic carbocycles. The minimum absolute atomic E-state index is 0.155. The number of hydrogen-bond donors (Lipinski definition) is 3. The molecule has 1 amide bonds. The highest BCUT2D eigenvalue weighted by molar-refractivity contribution is 5.84. The predicted molar refractivity (Wildman–Crippen MR) is 74.8 cm³/mol. The second-order valence-electron chi connectivity index (χ2n) is 4.39. The van der Waals surface area contributed by atoms with Crippen molar-refractivity contribution in [3.05, 3.63) is 59.7 Å². The lowest BCUT2D eigenvalue weighted by Crippen LogP contribution is -2.27. The van der Waals surface area contributed by atoms with Crippen LogP contribution in [0.15, 0.2) is 48.5 Å². The molecular weight excluding hydrogens is 240 g/mol. The van der Waals surface area contributed by atoms with Crippen LogP contribution in [-0.2, 0) is 4.79 Å². The molecule has 2 aromatic rings. The zero-order valence-electron chi connectivity index (χ0n) is 10.6. The van der Waals surface area contributed by atoms with Gasteiger partial charge in [0.2, 0.25) is 5.91 Å². The van der Waals surface area contributed by atoms with Crippen molar-refractivity contribution in [2.45, 2.75) is 13.0 Å². The lowest BCUT2D eigenvalue weighted by Gasteiger charge is -2.18. The van der Waals surface area contributed by atoms with Crippen LogP contribution in [-0.4, -0.2) is 11.0 Å². The van der Waals surface area contributed by atoms with Gasteiger partial charge >= 0.3 is 0 Å². The Morgan fingerprint density at radius 1 is 1.16 bits per heavy atom. The Labute approximate surface area is 111 Å². The van der Waals surface area contributed by atoms with Crippen LogP contribution in [0.25, 0.3) is 0 Å². The first kappa shape index (κ1) is 13.0. The first-order valence-electron chi connectivity index (χ1n) is 5.98. The third-order valence-electron chi connectivity index (χ3n) is 2.96. The molecular formula is C15H16N2O2. The summed E-state index contributed by atoms with van der Waals surface area (Å²) in [5.74, 6) is -0.309. The topological polar surface area (TPSA) is 75.3 Å². The number of anilines is 1. The van der Waals surface area contributed by atoms with Gasteiger partial charge in [0.15, 0.2) is 0 Å². The number of phenolic OH excluding ortho intramolecular Hbond substituents is 1. The number of aryl methyl sites for hydroxylation is 1. The molecule has 0 bridgehead atoms. The van der Waals surface area contributed by atoms with Crippen molar-refractivity contribution in [3.63, 3.8) is 0 Å². The summed E-state index contributed by atoms with van der Waals surface area (Å²) in [7, 11) is 0. The van der Waals surface area contributed by atoms with E-state index in [2.05, 4.69) is 5.32 Å². The first-order valence-corrected chi connectivity index (χ1v) is 5.98. The maximum atomic E-state index is 11.6. The van der Waals surface area contributed by atoms with Crippen molar-refractivity contribution in [1.29, 1.82) is 0 Å². The Bertz CT molecular complexity index is 579. The molecule has 0 aromatic heterocycles. The van der Waals surface area contributed by atoms with E-state index in [1.165, 1.54) is 12.1 Å². The lowest BCUT2D eigenvalue weighted by molar-refractivity contribution is -0.118. The summed E-state index contributed by atoms with van der Waals surface area (Å²) >= 11 is 0. The molecule has 0 fully saturated rings. The van der Waals surface area contributed by atoms with E-state index in [0.717, 1.165) is 11.3 Å². The number of carbonyl (C=O) groups excluding carboxylic acids is 1. The van der Waals surface area contributed by atoms with Gasteiger partial charge in [-0.15, -0.1) is 0 Å². The number of rotatable bonds is 4. The van der Waals surface area contributed by atoms with Gasteiger partial charge in [-0.3, -0.25) is 4.79 Å². The van der Waals surface area contributed by atoms with E-state index in [4.69, 9.17) is 5.73 Å². The molecule has 2 rings (SSSR count). The fraction of sp³-hybridized carbons (Fsp3) is 0.133. The van der Waals surface area contributed by atoms with E-state index in [1.807, 2.05) is 31.2 Å². The average molecular weight is 256 g/mol. The number of amides is 1.